The second-order valence-corrected chi connectivity index (χ2v) is 5.23. The molecular formula is C14H18N2O5. The zero-order valence-corrected chi connectivity index (χ0v) is 11.6. The molecule has 0 aliphatic carbocycles. The number of carbonyl (C=O) groups is 2. The molecule has 4 N–H and O–H groups in total. The van der Waals surface area contributed by atoms with Crippen LogP contribution in [0, 0.1) is 0 Å². The van der Waals surface area contributed by atoms with E-state index in [1.807, 2.05) is 0 Å². The van der Waals surface area contributed by atoms with Crippen molar-refractivity contribution in [1.82, 2.24) is 10.2 Å². The first kappa shape index (κ1) is 15.1. The van der Waals surface area contributed by atoms with Crippen LogP contribution >= 0.6 is 0 Å². The molecule has 2 atom stereocenters. The quantitative estimate of drug-likeness (QED) is 0.645. The van der Waals surface area contributed by atoms with Crippen molar-refractivity contribution in [2.45, 2.75) is 25.0 Å². The number of phenols is 1. The third kappa shape index (κ3) is 2.92. The molecule has 2 amide bonds. The highest BCUT2D eigenvalue weighted by Crippen LogP contribution is 2.34. The van der Waals surface area contributed by atoms with Gasteiger partial charge in [0, 0.05) is 19.5 Å². The number of carbonyl (C=O) groups excluding carboxylic acids is 1. The molecule has 0 radical (unpaired) electrons. The third-order valence-corrected chi connectivity index (χ3v) is 3.57. The number of amides is 2. The molecule has 21 heavy (non-hydrogen) atoms. The highest BCUT2D eigenvalue weighted by atomic mass is 16.4. The highest BCUT2D eigenvalue weighted by Gasteiger charge is 2.49. The molecule has 7 nitrogen and oxygen atoms in total. The lowest BCUT2D eigenvalue weighted by molar-refractivity contribution is -0.134. The maximum Gasteiger partial charge on any atom is 0.405 e. The van der Waals surface area contributed by atoms with Gasteiger partial charge in [0.05, 0.1) is 6.10 Å². The molecule has 1 heterocycles. The standard InChI is InChI=1S/C14H18N2O5/c1-9(17)8-16-7-6-14(12(16)19,15-13(20)21)10-2-4-11(18)5-3-10/h2-5,9,15,17-18H,6-8H2,1H3,(H,20,21). The molecular weight excluding hydrogens is 276 g/mol. The van der Waals surface area contributed by atoms with Gasteiger partial charge >= 0.3 is 6.09 Å². The van der Waals surface area contributed by atoms with Crippen molar-refractivity contribution in [3.05, 3.63) is 29.8 Å². The third-order valence-electron chi connectivity index (χ3n) is 3.57. The summed E-state index contributed by atoms with van der Waals surface area (Å²) in [6.45, 7) is 2.07. The fourth-order valence-electron chi connectivity index (χ4n) is 2.66. The first-order valence-corrected chi connectivity index (χ1v) is 6.63. The lowest BCUT2D eigenvalue weighted by Crippen LogP contribution is -2.51. The minimum atomic E-state index is -1.37. The number of likely N-dealkylation sites (tertiary alicyclic amines) is 1. The molecule has 0 saturated carbocycles. The normalized spacial score (nSPS) is 23.1. The average Bonchev–Trinajstić information content (AvgIpc) is 2.68. The van der Waals surface area contributed by atoms with E-state index in [4.69, 9.17) is 5.11 Å². The maximum absolute atomic E-state index is 12.6. The van der Waals surface area contributed by atoms with Gasteiger partial charge in [-0.05, 0) is 24.6 Å². The number of benzene rings is 1. The summed E-state index contributed by atoms with van der Waals surface area (Å²) < 4.78 is 0. The van der Waals surface area contributed by atoms with Crippen molar-refractivity contribution in [3.8, 4) is 5.75 Å². The van der Waals surface area contributed by atoms with Gasteiger partial charge in [0.25, 0.3) is 5.91 Å². The van der Waals surface area contributed by atoms with Crippen LogP contribution in [0.25, 0.3) is 0 Å². The molecule has 1 aliphatic rings. The predicted molar refractivity (Wildman–Crippen MR) is 73.8 cm³/mol. The van der Waals surface area contributed by atoms with E-state index < -0.39 is 23.6 Å². The fraction of sp³-hybridized carbons (Fsp3) is 0.429. The van der Waals surface area contributed by atoms with Gasteiger partial charge in [-0.1, -0.05) is 12.1 Å². The maximum atomic E-state index is 12.6. The molecule has 1 aromatic rings. The van der Waals surface area contributed by atoms with E-state index in [1.165, 1.54) is 29.2 Å². The summed E-state index contributed by atoms with van der Waals surface area (Å²) in [4.78, 5) is 25.1. The molecule has 0 aromatic heterocycles. The number of hydrogen-bond acceptors (Lipinski definition) is 4. The van der Waals surface area contributed by atoms with Crippen LogP contribution in [0.4, 0.5) is 4.79 Å². The Kier molecular flexibility index (Phi) is 4.04. The van der Waals surface area contributed by atoms with Crippen molar-refractivity contribution >= 4 is 12.0 Å². The second kappa shape index (κ2) is 5.61. The van der Waals surface area contributed by atoms with Crippen LogP contribution in [0.2, 0.25) is 0 Å². The summed E-state index contributed by atoms with van der Waals surface area (Å²) >= 11 is 0. The Morgan fingerprint density at radius 3 is 2.57 bits per heavy atom. The van der Waals surface area contributed by atoms with Crippen LogP contribution in [-0.2, 0) is 10.3 Å². The van der Waals surface area contributed by atoms with E-state index in [2.05, 4.69) is 5.32 Å². The predicted octanol–water partition coefficient (Wildman–Crippen LogP) is 0.468. The van der Waals surface area contributed by atoms with Crippen molar-refractivity contribution in [2.24, 2.45) is 0 Å². The Hall–Kier alpha value is -2.28. The minimum Gasteiger partial charge on any atom is -0.508 e. The summed E-state index contributed by atoms with van der Waals surface area (Å²) in [5.41, 5.74) is -0.894. The number of aromatic hydroxyl groups is 1. The zero-order chi connectivity index (χ0) is 15.6. The molecule has 1 saturated heterocycles. The van der Waals surface area contributed by atoms with Crippen LogP contribution < -0.4 is 5.32 Å². The number of phenolic OH excluding ortho intramolecular Hbond substituents is 1. The monoisotopic (exact) mass is 294 g/mol. The minimum absolute atomic E-state index is 0.0375. The molecule has 0 bridgehead atoms. The Morgan fingerprint density at radius 2 is 2.05 bits per heavy atom. The van der Waals surface area contributed by atoms with Gasteiger partial charge in [-0.3, -0.25) is 4.79 Å². The van der Waals surface area contributed by atoms with Crippen LogP contribution in [0.3, 0.4) is 0 Å². The lowest BCUT2D eigenvalue weighted by atomic mass is 9.88. The van der Waals surface area contributed by atoms with E-state index in [0.717, 1.165) is 0 Å². The van der Waals surface area contributed by atoms with E-state index in [-0.39, 0.29) is 18.7 Å². The zero-order valence-electron chi connectivity index (χ0n) is 11.6. The van der Waals surface area contributed by atoms with Crippen molar-refractivity contribution in [3.63, 3.8) is 0 Å². The number of hydrogen-bond donors (Lipinski definition) is 4. The molecule has 1 fully saturated rings. The summed E-state index contributed by atoms with van der Waals surface area (Å²) in [5.74, 6) is -0.355. The highest BCUT2D eigenvalue weighted by molar-refractivity contribution is 5.92. The molecule has 2 rings (SSSR count). The smallest absolute Gasteiger partial charge is 0.405 e. The summed E-state index contributed by atoms with van der Waals surface area (Å²) in [6, 6.07) is 5.86. The molecule has 0 spiro atoms. The van der Waals surface area contributed by atoms with Gasteiger partial charge in [-0.25, -0.2) is 4.79 Å². The second-order valence-electron chi connectivity index (χ2n) is 5.23. The number of aliphatic hydroxyl groups excluding tert-OH is 1. The molecule has 1 aliphatic heterocycles. The molecule has 114 valence electrons. The van der Waals surface area contributed by atoms with Gasteiger partial charge in [0.1, 0.15) is 11.3 Å². The van der Waals surface area contributed by atoms with Crippen LogP contribution in [0.1, 0.15) is 18.9 Å². The van der Waals surface area contributed by atoms with Crippen LogP contribution in [0.15, 0.2) is 24.3 Å². The summed E-state index contributed by atoms with van der Waals surface area (Å²) in [5, 5.41) is 30.1. The van der Waals surface area contributed by atoms with Crippen molar-refractivity contribution < 1.29 is 24.9 Å². The van der Waals surface area contributed by atoms with Gasteiger partial charge in [0.2, 0.25) is 0 Å². The van der Waals surface area contributed by atoms with Crippen molar-refractivity contribution in [1.29, 1.82) is 0 Å². The van der Waals surface area contributed by atoms with E-state index in [1.54, 1.807) is 6.92 Å². The summed E-state index contributed by atoms with van der Waals surface area (Å²) in [7, 11) is 0. The number of nitrogens with zero attached hydrogens (tertiary/aromatic N) is 1. The largest absolute Gasteiger partial charge is 0.508 e. The average molecular weight is 294 g/mol. The van der Waals surface area contributed by atoms with Crippen molar-refractivity contribution in [2.75, 3.05) is 13.1 Å². The van der Waals surface area contributed by atoms with Crippen LogP contribution in [0.5, 0.6) is 5.75 Å². The fourth-order valence-corrected chi connectivity index (χ4v) is 2.66. The Bertz CT molecular complexity index is 543. The number of carboxylic acid groups (broad SMARTS) is 1. The summed E-state index contributed by atoms with van der Waals surface area (Å²) in [6.07, 6.45) is -1.71. The number of β-amino-alcohol motifs (C(OH)–C–C–N with tert-alkyl or cyclic N) is 1. The number of aliphatic hydroxyl groups is 1. The van der Waals surface area contributed by atoms with Crippen LogP contribution in [-0.4, -0.2) is 51.4 Å². The van der Waals surface area contributed by atoms with Gasteiger partial charge in [-0.15, -0.1) is 0 Å². The van der Waals surface area contributed by atoms with Gasteiger partial charge in [0.15, 0.2) is 0 Å². The van der Waals surface area contributed by atoms with E-state index >= 15 is 0 Å². The Balaban J connectivity index is 2.37. The van der Waals surface area contributed by atoms with E-state index in [9.17, 15) is 19.8 Å². The first-order chi connectivity index (χ1) is 9.85. The molecule has 7 heteroatoms. The molecule has 1 aromatic carbocycles. The number of rotatable bonds is 4. The topological polar surface area (TPSA) is 110 Å². The van der Waals surface area contributed by atoms with E-state index in [0.29, 0.717) is 12.1 Å². The SMILES string of the molecule is CC(O)CN1CCC(NC(=O)O)(c2ccc(O)cc2)C1=O. The lowest BCUT2D eigenvalue weighted by Gasteiger charge is -2.28. The Labute approximate surface area is 121 Å². The van der Waals surface area contributed by atoms with Gasteiger partial charge in [-0.2, -0.15) is 0 Å². The first-order valence-electron chi connectivity index (χ1n) is 6.63. The molecule has 2 unspecified atom stereocenters. The van der Waals surface area contributed by atoms with Gasteiger partial charge < -0.3 is 25.5 Å². The number of nitrogens with one attached hydrogen (secondary N) is 1. The Morgan fingerprint density at radius 1 is 1.43 bits per heavy atom.